The number of esters is 1. The second-order valence-electron chi connectivity index (χ2n) is 9.89. The van der Waals surface area contributed by atoms with E-state index in [0.29, 0.717) is 36.3 Å². The lowest BCUT2D eigenvalue weighted by Gasteiger charge is -2.38. The second kappa shape index (κ2) is 9.07. The summed E-state index contributed by atoms with van der Waals surface area (Å²) in [6, 6.07) is 10.5. The summed E-state index contributed by atoms with van der Waals surface area (Å²) in [4.78, 5) is 23.2. The summed E-state index contributed by atoms with van der Waals surface area (Å²) in [6.45, 7) is 2.62. The monoisotopic (exact) mass is 474 g/mol. The summed E-state index contributed by atoms with van der Waals surface area (Å²) in [5, 5.41) is 4.48. The maximum atomic E-state index is 11.9. The molecule has 3 atom stereocenters. The van der Waals surface area contributed by atoms with Gasteiger partial charge in [-0.2, -0.15) is 0 Å². The number of aromatic nitrogens is 3. The van der Waals surface area contributed by atoms with Crippen LogP contribution in [0.25, 0.3) is 11.3 Å². The number of methoxy groups -OCH3 is 1. The summed E-state index contributed by atoms with van der Waals surface area (Å²) in [5.74, 6) is 1.63. The number of benzene rings is 1. The van der Waals surface area contributed by atoms with E-state index in [-0.39, 0.29) is 6.10 Å². The van der Waals surface area contributed by atoms with E-state index >= 15 is 0 Å². The van der Waals surface area contributed by atoms with E-state index in [0.717, 1.165) is 61.1 Å². The lowest BCUT2D eigenvalue weighted by molar-refractivity contribution is 0.0144. The molecule has 1 aliphatic carbocycles. The fourth-order valence-corrected chi connectivity index (χ4v) is 5.66. The fraction of sp³-hybridized carbons (Fsp3) is 0.481. The number of hydrogen-bond acceptors (Lipinski definition) is 8. The summed E-state index contributed by atoms with van der Waals surface area (Å²) in [7, 11) is 1.37. The van der Waals surface area contributed by atoms with Crippen molar-refractivity contribution in [1.82, 2.24) is 15.1 Å². The molecular formula is C27H30N4O4. The smallest absolute Gasteiger partial charge is 0.356 e. The van der Waals surface area contributed by atoms with Gasteiger partial charge in [0.1, 0.15) is 11.5 Å². The molecule has 1 saturated carbocycles. The fourth-order valence-electron chi connectivity index (χ4n) is 5.66. The molecule has 182 valence electrons. The van der Waals surface area contributed by atoms with E-state index in [2.05, 4.69) is 39.1 Å². The third-order valence-electron chi connectivity index (χ3n) is 7.59. The third-order valence-corrected chi connectivity index (χ3v) is 7.59. The maximum absolute atomic E-state index is 11.9. The Balaban J connectivity index is 1.18. The van der Waals surface area contributed by atoms with Crippen LogP contribution in [0.1, 0.15) is 71.8 Å². The molecule has 0 radical (unpaired) electrons. The average Bonchev–Trinajstić information content (AvgIpc) is 3.59. The van der Waals surface area contributed by atoms with E-state index in [9.17, 15) is 4.79 Å². The van der Waals surface area contributed by atoms with Crippen molar-refractivity contribution in [2.24, 2.45) is 0 Å². The van der Waals surface area contributed by atoms with Gasteiger partial charge in [-0.15, -0.1) is 0 Å². The van der Waals surface area contributed by atoms with E-state index < -0.39 is 5.97 Å². The first-order valence-corrected chi connectivity index (χ1v) is 12.5. The Hall–Kier alpha value is -3.26. The van der Waals surface area contributed by atoms with Crippen LogP contribution in [0, 0.1) is 6.92 Å². The standard InChI is InChI=1S/C27H30N4O4/c1-16-5-3-4-6-21(16)24-22(25(35-30-24)17-7-8-17)15-34-20-13-18-9-10-19(14-20)31(18)27-28-12-11-23(29-27)26(32)33-2/h3-6,11-12,17-20H,7-10,13-15H2,1-2H3/t18-,19?,20-/m0/s1. The van der Waals surface area contributed by atoms with Gasteiger partial charge < -0.3 is 18.9 Å². The van der Waals surface area contributed by atoms with Crippen LogP contribution in [-0.4, -0.2) is 46.4 Å². The predicted molar refractivity (Wildman–Crippen MR) is 129 cm³/mol. The van der Waals surface area contributed by atoms with Gasteiger partial charge in [-0.25, -0.2) is 14.8 Å². The van der Waals surface area contributed by atoms with Crippen molar-refractivity contribution in [2.75, 3.05) is 12.0 Å². The van der Waals surface area contributed by atoms with Crippen molar-refractivity contribution < 1.29 is 18.8 Å². The highest BCUT2D eigenvalue weighted by atomic mass is 16.5. The summed E-state index contributed by atoms with van der Waals surface area (Å²) < 4.78 is 17.2. The molecule has 3 fully saturated rings. The highest BCUT2D eigenvalue weighted by Crippen LogP contribution is 2.45. The Kier molecular flexibility index (Phi) is 5.76. The maximum Gasteiger partial charge on any atom is 0.356 e. The molecule has 3 aromatic rings. The molecular weight excluding hydrogens is 444 g/mol. The quantitative estimate of drug-likeness (QED) is 0.450. The van der Waals surface area contributed by atoms with Crippen LogP contribution in [0.4, 0.5) is 5.95 Å². The lowest BCUT2D eigenvalue weighted by Crippen LogP contribution is -2.46. The number of aryl methyl sites for hydroxylation is 1. The minimum absolute atomic E-state index is 0.152. The minimum Gasteiger partial charge on any atom is -0.464 e. The van der Waals surface area contributed by atoms with Crippen LogP contribution in [0.5, 0.6) is 0 Å². The first-order valence-electron chi connectivity index (χ1n) is 12.5. The van der Waals surface area contributed by atoms with Gasteiger partial charge >= 0.3 is 5.97 Å². The Morgan fingerprint density at radius 2 is 1.89 bits per heavy atom. The number of carbonyl (C=O) groups excluding carboxylic acids is 1. The van der Waals surface area contributed by atoms with Crippen LogP contribution < -0.4 is 4.90 Å². The molecule has 6 rings (SSSR count). The molecule has 2 aromatic heterocycles. The predicted octanol–water partition coefficient (Wildman–Crippen LogP) is 4.82. The topological polar surface area (TPSA) is 90.6 Å². The Morgan fingerprint density at radius 3 is 2.60 bits per heavy atom. The van der Waals surface area contributed by atoms with Crippen molar-refractivity contribution >= 4 is 11.9 Å². The zero-order valence-corrected chi connectivity index (χ0v) is 20.1. The zero-order valence-electron chi connectivity index (χ0n) is 20.1. The van der Waals surface area contributed by atoms with Crippen molar-refractivity contribution in [3.63, 3.8) is 0 Å². The van der Waals surface area contributed by atoms with E-state index in [4.69, 9.17) is 14.0 Å². The Bertz CT molecular complexity index is 1220. The minimum atomic E-state index is -0.441. The molecule has 4 heterocycles. The number of anilines is 1. The van der Waals surface area contributed by atoms with Gasteiger partial charge in [0.05, 0.1) is 19.8 Å². The van der Waals surface area contributed by atoms with Gasteiger partial charge in [-0.1, -0.05) is 29.4 Å². The van der Waals surface area contributed by atoms with Gasteiger partial charge in [-0.3, -0.25) is 0 Å². The molecule has 0 amide bonds. The highest BCUT2D eigenvalue weighted by Gasteiger charge is 2.43. The van der Waals surface area contributed by atoms with E-state index in [1.165, 1.54) is 12.7 Å². The SMILES string of the molecule is COC(=O)c1ccnc(N2C3CC[C@H]2C[C@H](OCc2c(-c4ccccc4C)noc2C2CC2)C3)n1. The lowest BCUT2D eigenvalue weighted by atomic mass is 9.99. The van der Waals surface area contributed by atoms with Crippen LogP contribution in [0.2, 0.25) is 0 Å². The number of ether oxygens (including phenoxy) is 2. The Labute approximate surface area is 204 Å². The summed E-state index contributed by atoms with van der Waals surface area (Å²) in [6.07, 6.45) is 8.06. The molecule has 2 bridgehead atoms. The van der Waals surface area contributed by atoms with Crippen molar-refractivity contribution in [3.8, 4) is 11.3 Å². The molecule has 35 heavy (non-hydrogen) atoms. The van der Waals surface area contributed by atoms with Crippen molar-refractivity contribution in [1.29, 1.82) is 0 Å². The molecule has 2 saturated heterocycles. The number of fused-ring (bicyclic) bond motifs is 2. The van der Waals surface area contributed by atoms with E-state index in [1.807, 2.05) is 12.1 Å². The zero-order chi connectivity index (χ0) is 23.9. The summed E-state index contributed by atoms with van der Waals surface area (Å²) in [5.41, 5.74) is 4.60. The third kappa shape index (κ3) is 4.20. The van der Waals surface area contributed by atoms with Gasteiger partial charge in [-0.05, 0) is 57.1 Å². The number of rotatable bonds is 7. The van der Waals surface area contributed by atoms with E-state index in [1.54, 1.807) is 12.3 Å². The molecule has 8 nitrogen and oxygen atoms in total. The van der Waals surface area contributed by atoms with Gasteiger partial charge in [0, 0.05) is 35.3 Å². The largest absolute Gasteiger partial charge is 0.464 e. The number of piperidine rings is 1. The molecule has 1 aromatic carbocycles. The summed E-state index contributed by atoms with van der Waals surface area (Å²) >= 11 is 0. The molecule has 3 aliphatic rings. The second-order valence-corrected chi connectivity index (χ2v) is 9.89. The van der Waals surface area contributed by atoms with Crippen LogP contribution >= 0.6 is 0 Å². The van der Waals surface area contributed by atoms with Crippen LogP contribution in [0.15, 0.2) is 41.1 Å². The Morgan fingerprint density at radius 1 is 1.11 bits per heavy atom. The van der Waals surface area contributed by atoms with Gasteiger partial charge in [0.2, 0.25) is 5.95 Å². The average molecular weight is 475 g/mol. The normalized spacial score (nSPS) is 23.5. The molecule has 0 spiro atoms. The van der Waals surface area contributed by atoms with Gasteiger partial charge in [0.25, 0.3) is 0 Å². The van der Waals surface area contributed by atoms with Crippen molar-refractivity contribution in [3.05, 3.63) is 59.1 Å². The molecule has 1 unspecified atom stereocenters. The molecule has 2 aliphatic heterocycles. The molecule has 8 heteroatoms. The van der Waals surface area contributed by atoms with Crippen LogP contribution in [0.3, 0.4) is 0 Å². The number of carbonyl (C=O) groups is 1. The highest BCUT2D eigenvalue weighted by molar-refractivity contribution is 5.87. The van der Waals surface area contributed by atoms with Crippen LogP contribution in [-0.2, 0) is 16.1 Å². The first kappa shape index (κ1) is 22.2. The van der Waals surface area contributed by atoms with Crippen molar-refractivity contribution in [2.45, 2.75) is 76.2 Å². The molecule has 0 N–H and O–H groups in total. The first-order chi connectivity index (χ1) is 17.1. The number of hydrogen-bond donors (Lipinski definition) is 0. The van der Waals surface area contributed by atoms with Gasteiger partial charge in [0.15, 0.2) is 5.69 Å². The number of nitrogens with zero attached hydrogens (tertiary/aromatic N) is 4.